The smallest absolute Gasteiger partial charge is 0.142 e. The second-order valence-corrected chi connectivity index (χ2v) is 5.35. The lowest BCUT2D eigenvalue weighted by Crippen LogP contribution is -2.47. The molecule has 0 radical (unpaired) electrons. The molecule has 0 bridgehead atoms. The van der Waals surface area contributed by atoms with Crippen molar-refractivity contribution in [2.45, 2.75) is 0 Å². The maximum absolute atomic E-state index is 5.64. The molecule has 1 saturated heterocycles. The van der Waals surface area contributed by atoms with Gasteiger partial charge in [0.05, 0.1) is 17.3 Å². The second kappa shape index (κ2) is 5.18. The summed E-state index contributed by atoms with van der Waals surface area (Å²) >= 11 is 0. The highest BCUT2D eigenvalue weighted by Crippen LogP contribution is 2.24. The monoisotopic (exact) mass is 295 g/mol. The Kier molecular flexibility index (Phi) is 3.03. The summed E-state index contributed by atoms with van der Waals surface area (Å²) in [6.07, 6.45) is 5.35. The highest BCUT2D eigenvalue weighted by atomic mass is 15.3. The predicted molar refractivity (Wildman–Crippen MR) is 87.0 cm³/mol. The second-order valence-electron chi connectivity index (χ2n) is 5.35. The van der Waals surface area contributed by atoms with Crippen LogP contribution >= 0.6 is 0 Å². The van der Waals surface area contributed by atoms with Crippen LogP contribution in [0.3, 0.4) is 0 Å². The molecule has 22 heavy (non-hydrogen) atoms. The van der Waals surface area contributed by atoms with Crippen molar-refractivity contribution < 1.29 is 0 Å². The third-order valence-corrected chi connectivity index (χ3v) is 4.05. The lowest BCUT2D eigenvalue weighted by Gasteiger charge is -2.36. The van der Waals surface area contributed by atoms with Crippen LogP contribution < -0.4 is 15.5 Å². The quantitative estimate of drug-likeness (QED) is 0.740. The minimum Gasteiger partial charge on any atom is -0.384 e. The first-order valence-electron chi connectivity index (χ1n) is 7.31. The lowest BCUT2D eigenvalue weighted by molar-refractivity contribution is 0.648. The molecule has 3 N–H and O–H groups in total. The summed E-state index contributed by atoms with van der Waals surface area (Å²) in [4.78, 5) is 20.6. The third kappa shape index (κ3) is 2.20. The first kappa shape index (κ1) is 12.9. The van der Waals surface area contributed by atoms with Crippen molar-refractivity contribution in [1.82, 2.24) is 19.9 Å². The van der Waals surface area contributed by atoms with E-state index in [-0.39, 0.29) is 0 Å². The number of hydrogen-bond acceptors (Lipinski definition) is 6. The summed E-state index contributed by atoms with van der Waals surface area (Å²) in [5.74, 6) is 1.56. The molecule has 4 rings (SSSR count). The van der Waals surface area contributed by atoms with E-state index >= 15 is 0 Å². The Bertz CT molecular complexity index is 772. The van der Waals surface area contributed by atoms with Crippen molar-refractivity contribution in [3.05, 3.63) is 36.9 Å². The van der Waals surface area contributed by atoms with Crippen LogP contribution in [0.5, 0.6) is 0 Å². The molecule has 4 heterocycles. The van der Waals surface area contributed by atoms with Gasteiger partial charge in [-0.3, -0.25) is 0 Å². The van der Waals surface area contributed by atoms with Gasteiger partial charge in [-0.15, -0.1) is 0 Å². The molecular formula is C15H17N7. The van der Waals surface area contributed by atoms with Crippen LogP contribution in [-0.4, -0.2) is 46.1 Å². The highest BCUT2D eigenvalue weighted by molar-refractivity contribution is 5.87. The van der Waals surface area contributed by atoms with Crippen molar-refractivity contribution in [3.63, 3.8) is 0 Å². The van der Waals surface area contributed by atoms with Gasteiger partial charge in [-0.25, -0.2) is 15.0 Å². The van der Waals surface area contributed by atoms with Crippen LogP contribution in [0.4, 0.5) is 17.3 Å². The number of aromatic nitrogens is 4. The van der Waals surface area contributed by atoms with Crippen LogP contribution in [0, 0.1) is 0 Å². The number of anilines is 3. The zero-order valence-electron chi connectivity index (χ0n) is 12.1. The van der Waals surface area contributed by atoms with E-state index in [9.17, 15) is 0 Å². The van der Waals surface area contributed by atoms with Crippen molar-refractivity contribution >= 4 is 28.4 Å². The van der Waals surface area contributed by atoms with Gasteiger partial charge in [0, 0.05) is 32.4 Å². The van der Waals surface area contributed by atoms with Crippen molar-refractivity contribution in [2.75, 3.05) is 41.7 Å². The molecule has 7 heteroatoms. The topological polar surface area (TPSA) is 87.0 Å². The molecule has 1 fully saturated rings. The normalized spacial score (nSPS) is 15.5. The molecule has 3 aromatic heterocycles. The molecule has 0 saturated carbocycles. The first-order valence-corrected chi connectivity index (χ1v) is 7.31. The number of pyridine rings is 1. The van der Waals surface area contributed by atoms with E-state index in [0.717, 1.165) is 48.7 Å². The summed E-state index contributed by atoms with van der Waals surface area (Å²) in [6, 6.07) is 5.89. The Hall–Kier alpha value is -2.83. The van der Waals surface area contributed by atoms with E-state index in [4.69, 9.17) is 5.73 Å². The molecular weight excluding hydrogens is 278 g/mol. The lowest BCUT2D eigenvalue weighted by atomic mass is 10.2. The van der Waals surface area contributed by atoms with Gasteiger partial charge in [0.2, 0.25) is 0 Å². The van der Waals surface area contributed by atoms with E-state index in [1.54, 1.807) is 6.33 Å². The number of fused-ring (bicyclic) bond motifs is 1. The summed E-state index contributed by atoms with van der Waals surface area (Å²) < 4.78 is 0. The Labute approximate surface area is 127 Å². The van der Waals surface area contributed by atoms with Crippen molar-refractivity contribution in [1.29, 1.82) is 0 Å². The van der Waals surface area contributed by atoms with E-state index in [2.05, 4.69) is 29.7 Å². The average Bonchev–Trinajstić information content (AvgIpc) is 3.04. The number of nitrogens with zero attached hydrogens (tertiary/aromatic N) is 5. The summed E-state index contributed by atoms with van der Waals surface area (Å²) in [6.45, 7) is 3.70. The van der Waals surface area contributed by atoms with Gasteiger partial charge in [-0.1, -0.05) is 0 Å². The SMILES string of the molecule is Nc1ccc(N2CCN(c3ncnc4[nH]ccc34)CC2)cn1. The molecule has 1 aliphatic rings. The predicted octanol–water partition coefficient (Wildman–Crippen LogP) is 1.26. The number of nitrogen functional groups attached to an aromatic ring is 1. The Morgan fingerprint density at radius 1 is 0.955 bits per heavy atom. The van der Waals surface area contributed by atoms with Gasteiger partial charge in [0.15, 0.2) is 0 Å². The van der Waals surface area contributed by atoms with Gasteiger partial charge in [-0.2, -0.15) is 0 Å². The fourth-order valence-corrected chi connectivity index (χ4v) is 2.87. The molecule has 0 unspecified atom stereocenters. The first-order chi connectivity index (χ1) is 10.8. The molecule has 3 aromatic rings. The fraction of sp³-hybridized carbons (Fsp3) is 0.267. The van der Waals surface area contributed by atoms with E-state index in [0.29, 0.717) is 5.82 Å². The summed E-state index contributed by atoms with van der Waals surface area (Å²) in [7, 11) is 0. The van der Waals surface area contributed by atoms with Gasteiger partial charge >= 0.3 is 0 Å². The molecule has 0 atom stereocenters. The molecule has 0 amide bonds. The number of piperazine rings is 1. The molecule has 0 spiro atoms. The van der Waals surface area contributed by atoms with E-state index in [1.807, 2.05) is 30.6 Å². The van der Waals surface area contributed by atoms with Crippen LogP contribution in [-0.2, 0) is 0 Å². The van der Waals surface area contributed by atoms with Gasteiger partial charge < -0.3 is 20.5 Å². The van der Waals surface area contributed by atoms with Gasteiger partial charge in [0.1, 0.15) is 23.6 Å². The Morgan fingerprint density at radius 3 is 2.55 bits per heavy atom. The van der Waals surface area contributed by atoms with Crippen LogP contribution in [0.15, 0.2) is 36.9 Å². The number of nitrogens with two attached hydrogens (primary N) is 1. The summed E-state index contributed by atoms with van der Waals surface area (Å²) in [5, 5.41) is 1.07. The maximum Gasteiger partial charge on any atom is 0.142 e. The van der Waals surface area contributed by atoms with Gasteiger partial charge in [0.25, 0.3) is 0 Å². The number of H-pyrrole nitrogens is 1. The standard InChI is InChI=1S/C15H17N7/c16-13-2-1-11(9-18-13)21-5-7-22(8-6-21)15-12-3-4-17-14(12)19-10-20-15/h1-4,9-10H,5-8H2,(H2,16,18)(H,17,19,20). The van der Waals surface area contributed by atoms with Crippen molar-refractivity contribution in [2.24, 2.45) is 0 Å². The molecule has 0 aliphatic carbocycles. The molecule has 7 nitrogen and oxygen atoms in total. The third-order valence-electron chi connectivity index (χ3n) is 4.05. The average molecular weight is 295 g/mol. The van der Waals surface area contributed by atoms with Crippen LogP contribution in [0.2, 0.25) is 0 Å². The van der Waals surface area contributed by atoms with Gasteiger partial charge in [-0.05, 0) is 18.2 Å². The zero-order chi connectivity index (χ0) is 14.9. The molecule has 1 aliphatic heterocycles. The molecule has 112 valence electrons. The summed E-state index contributed by atoms with van der Waals surface area (Å²) in [5.41, 5.74) is 7.64. The van der Waals surface area contributed by atoms with Crippen molar-refractivity contribution in [3.8, 4) is 0 Å². The maximum atomic E-state index is 5.64. The highest BCUT2D eigenvalue weighted by Gasteiger charge is 2.20. The Morgan fingerprint density at radius 2 is 1.77 bits per heavy atom. The number of nitrogens with one attached hydrogen (secondary N) is 1. The number of aromatic amines is 1. The van der Waals surface area contributed by atoms with Crippen LogP contribution in [0.25, 0.3) is 11.0 Å². The number of hydrogen-bond donors (Lipinski definition) is 2. The van der Waals surface area contributed by atoms with Crippen LogP contribution in [0.1, 0.15) is 0 Å². The van der Waals surface area contributed by atoms with E-state index < -0.39 is 0 Å². The fourth-order valence-electron chi connectivity index (χ4n) is 2.87. The largest absolute Gasteiger partial charge is 0.384 e. The Balaban J connectivity index is 1.52. The minimum atomic E-state index is 0.554. The number of rotatable bonds is 2. The minimum absolute atomic E-state index is 0.554. The van der Waals surface area contributed by atoms with E-state index in [1.165, 1.54) is 0 Å². The molecule has 0 aromatic carbocycles. The zero-order valence-corrected chi connectivity index (χ0v) is 12.1.